The van der Waals surface area contributed by atoms with Crippen LogP contribution in [0.4, 0.5) is 23.0 Å². The molecule has 0 radical (unpaired) electrons. The van der Waals surface area contributed by atoms with Crippen molar-refractivity contribution >= 4 is 54.2 Å². The number of hydrogen-bond acceptors (Lipinski definition) is 13. The smallest absolute Gasteiger partial charge is 0.263 e. The summed E-state index contributed by atoms with van der Waals surface area (Å²) in [6, 6.07) is 16.1. The molecule has 5 aromatic rings. The van der Waals surface area contributed by atoms with Crippen LogP contribution >= 0.6 is 11.3 Å². The summed E-state index contributed by atoms with van der Waals surface area (Å²) in [4.78, 5) is 23.7. The van der Waals surface area contributed by atoms with Crippen LogP contribution in [0.15, 0.2) is 78.1 Å². The van der Waals surface area contributed by atoms with Crippen LogP contribution in [0.3, 0.4) is 0 Å². The summed E-state index contributed by atoms with van der Waals surface area (Å²) >= 11 is 1.54. The third-order valence-electron chi connectivity index (χ3n) is 8.61. The molecule has 0 atom stereocenters. The molecule has 0 bridgehead atoms. The van der Waals surface area contributed by atoms with Crippen LogP contribution in [0.1, 0.15) is 30.3 Å². The van der Waals surface area contributed by atoms with Gasteiger partial charge in [0.25, 0.3) is 10.0 Å². The van der Waals surface area contributed by atoms with E-state index in [2.05, 4.69) is 50.6 Å². The molecule has 1 saturated heterocycles. The second-order valence-corrected chi connectivity index (χ2v) is 17.9. The van der Waals surface area contributed by atoms with Crippen LogP contribution < -0.4 is 19.7 Å². The Bertz CT molecular complexity index is 2260. The highest BCUT2D eigenvalue weighted by Gasteiger charge is 2.23. The molecular formula is C36H42N8O5S3. The first-order chi connectivity index (χ1) is 24.8. The van der Waals surface area contributed by atoms with Crippen molar-refractivity contribution in [3.05, 3.63) is 83.8 Å². The number of anilines is 4. The Morgan fingerprint density at radius 1 is 0.962 bits per heavy atom. The molecule has 0 saturated carbocycles. The Kier molecular flexibility index (Phi) is 11.1. The highest BCUT2D eigenvalue weighted by molar-refractivity contribution is 7.92. The van der Waals surface area contributed by atoms with E-state index in [0.29, 0.717) is 41.0 Å². The molecular weight excluding hydrogens is 721 g/mol. The quantitative estimate of drug-likeness (QED) is 0.148. The lowest BCUT2D eigenvalue weighted by Crippen LogP contribution is -2.47. The average Bonchev–Trinajstić information content (AvgIpc) is 3.58. The van der Waals surface area contributed by atoms with Crippen LogP contribution in [0.2, 0.25) is 0 Å². The second kappa shape index (κ2) is 15.5. The number of ether oxygens (including phenoxy) is 1. The van der Waals surface area contributed by atoms with Gasteiger partial charge in [0.05, 0.1) is 39.8 Å². The minimum absolute atomic E-state index is 0.0705. The Morgan fingerprint density at radius 2 is 1.75 bits per heavy atom. The van der Waals surface area contributed by atoms with Gasteiger partial charge in [-0.05, 0) is 48.9 Å². The van der Waals surface area contributed by atoms with Gasteiger partial charge in [-0.25, -0.2) is 31.8 Å². The Labute approximate surface area is 309 Å². The van der Waals surface area contributed by atoms with Crippen molar-refractivity contribution in [1.82, 2.24) is 24.8 Å². The van der Waals surface area contributed by atoms with E-state index in [1.54, 1.807) is 37.6 Å². The molecule has 3 aromatic heterocycles. The predicted molar refractivity (Wildman–Crippen MR) is 207 cm³/mol. The number of aryl methyl sites for hydroxylation is 1. The van der Waals surface area contributed by atoms with Gasteiger partial charge >= 0.3 is 0 Å². The molecule has 0 aliphatic carbocycles. The maximum Gasteiger partial charge on any atom is 0.263 e. The highest BCUT2D eigenvalue weighted by atomic mass is 32.2. The largest absolute Gasteiger partial charge is 0.494 e. The van der Waals surface area contributed by atoms with E-state index in [1.807, 2.05) is 24.3 Å². The van der Waals surface area contributed by atoms with Crippen molar-refractivity contribution in [2.45, 2.75) is 31.6 Å². The molecule has 1 aliphatic heterocycles. The molecule has 0 amide bonds. The van der Waals surface area contributed by atoms with Gasteiger partial charge < -0.3 is 15.0 Å². The second-order valence-electron chi connectivity index (χ2n) is 12.9. The number of thiazole rings is 1. The third-order valence-corrected chi connectivity index (χ3v) is 12.3. The zero-order chi connectivity index (χ0) is 37.0. The first-order valence-electron chi connectivity index (χ1n) is 16.8. The molecule has 6 rings (SSSR count). The summed E-state index contributed by atoms with van der Waals surface area (Å²) in [5.74, 6) is 1.34. The number of benzene rings is 2. The molecule has 274 valence electrons. The van der Waals surface area contributed by atoms with E-state index in [1.165, 1.54) is 36.1 Å². The van der Waals surface area contributed by atoms with Gasteiger partial charge in [-0.2, -0.15) is 0 Å². The Morgan fingerprint density at radius 3 is 2.44 bits per heavy atom. The fraction of sp³-hybridized carbons (Fsp3) is 0.333. The standard InChI is InChI=1S/C36H42N8O5S3/c1-24(2)35-41-33(26-8-6-9-27(21-26)42-52(47,48)28-10-7-12-37-23-28)34(50-35)29-11-13-38-36(39-29)40-30-20-25(3)31(22-32(30)49-4)44-16-14-43(15-17-44)18-19-51(5,45)46/h6-13,20-24,42H,14-19H2,1-5H3,(H,38,39,40). The predicted octanol–water partition coefficient (Wildman–Crippen LogP) is 5.81. The Hall–Kier alpha value is -4.64. The van der Waals surface area contributed by atoms with Crippen LogP contribution in [-0.2, 0) is 19.9 Å². The molecule has 52 heavy (non-hydrogen) atoms. The maximum atomic E-state index is 13.0. The summed E-state index contributed by atoms with van der Waals surface area (Å²) in [7, 11) is -5.21. The van der Waals surface area contributed by atoms with E-state index >= 15 is 0 Å². The topological polar surface area (TPSA) is 160 Å². The number of hydrogen-bond donors (Lipinski definition) is 2. The van der Waals surface area contributed by atoms with Crippen molar-refractivity contribution in [1.29, 1.82) is 0 Å². The van der Waals surface area contributed by atoms with Crippen LogP contribution in [0.5, 0.6) is 5.75 Å². The number of methoxy groups -OCH3 is 1. The van der Waals surface area contributed by atoms with E-state index in [0.717, 1.165) is 52.9 Å². The number of rotatable bonds is 13. The SMILES string of the molecule is COc1cc(N2CCN(CCS(C)(=O)=O)CC2)c(C)cc1Nc1nccc(-c2sc(C(C)C)nc2-c2cccc(NS(=O)(=O)c3cccnc3)c2)n1. The maximum absolute atomic E-state index is 13.0. The van der Waals surface area contributed by atoms with Gasteiger partial charge in [-0.3, -0.25) is 14.6 Å². The fourth-order valence-electron chi connectivity index (χ4n) is 5.86. The summed E-state index contributed by atoms with van der Waals surface area (Å²) in [5, 5.41) is 4.27. The molecule has 1 aliphatic rings. The van der Waals surface area contributed by atoms with Crippen LogP contribution in [-0.4, -0.2) is 93.5 Å². The lowest BCUT2D eigenvalue weighted by molar-refractivity contribution is 0.272. The average molecular weight is 763 g/mol. The number of sulfone groups is 1. The first kappa shape index (κ1) is 37.1. The zero-order valence-electron chi connectivity index (χ0n) is 29.7. The lowest BCUT2D eigenvalue weighted by Gasteiger charge is -2.37. The molecule has 16 heteroatoms. The molecule has 13 nitrogen and oxygen atoms in total. The third kappa shape index (κ3) is 8.86. The van der Waals surface area contributed by atoms with Gasteiger partial charge in [0.15, 0.2) is 0 Å². The number of sulfonamides is 1. The summed E-state index contributed by atoms with van der Waals surface area (Å²) < 4.78 is 57.8. The van der Waals surface area contributed by atoms with Crippen molar-refractivity contribution in [3.63, 3.8) is 0 Å². The first-order valence-corrected chi connectivity index (χ1v) is 21.1. The molecule has 4 heterocycles. The lowest BCUT2D eigenvalue weighted by atomic mass is 10.1. The normalized spacial score (nSPS) is 14.1. The number of nitrogens with one attached hydrogen (secondary N) is 2. The highest BCUT2D eigenvalue weighted by Crippen LogP contribution is 2.40. The summed E-state index contributed by atoms with van der Waals surface area (Å²) in [6.07, 6.45) is 5.80. The molecule has 0 spiro atoms. The van der Waals surface area contributed by atoms with Crippen LogP contribution in [0.25, 0.3) is 21.8 Å². The summed E-state index contributed by atoms with van der Waals surface area (Å²) in [6.45, 7) is 9.86. The van der Waals surface area contributed by atoms with E-state index in [-0.39, 0.29) is 16.6 Å². The number of pyridine rings is 1. The van der Waals surface area contributed by atoms with Gasteiger partial charge in [0.1, 0.15) is 20.5 Å². The molecule has 2 aromatic carbocycles. The Balaban J connectivity index is 1.24. The zero-order valence-corrected chi connectivity index (χ0v) is 32.1. The van der Waals surface area contributed by atoms with E-state index in [9.17, 15) is 16.8 Å². The summed E-state index contributed by atoms with van der Waals surface area (Å²) in [5.41, 5.74) is 5.32. The van der Waals surface area contributed by atoms with Gasteiger partial charge in [0, 0.05) is 86.5 Å². The van der Waals surface area contributed by atoms with E-state index in [4.69, 9.17) is 14.7 Å². The minimum Gasteiger partial charge on any atom is -0.494 e. The van der Waals surface area contributed by atoms with Gasteiger partial charge in [-0.1, -0.05) is 26.0 Å². The van der Waals surface area contributed by atoms with Crippen molar-refractivity contribution < 1.29 is 21.6 Å². The fourth-order valence-corrected chi connectivity index (χ4v) is 8.52. The molecule has 0 unspecified atom stereocenters. The van der Waals surface area contributed by atoms with E-state index < -0.39 is 19.9 Å². The van der Waals surface area contributed by atoms with Crippen molar-refractivity contribution in [3.8, 4) is 27.6 Å². The van der Waals surface area contributed by atoms with Crippen molar-refractivity contribution in [2.75, 3.05) is 66.8 Å². The number of piperazine rings is 1. The number of aromatic nitrogens is 4. The molecule has 1 fully saturated rings. The van der Waals surface area contributed by atoms with Crippen molar-refractivity contribution in [2.24, 2.45) is 0 Å². The number of nitrogens with zero attached hydrogens (tertiary/aromatic N) is 6. The van der Waals surface area contributed by atoms with Gasteiger partial charge in [-0.15, -0.1) is 11.3 Å². The minimum atomic E-state index is -3.84. The van der Waals surface area contributed by atoms with Gasteiger partial charge in [0.2, 0.25) is 5.95 Å². The molecule has 2 N–H and O–H groups in total. The van der Waals surface area contributed by atoms with Crippen LogP contribution in [0, 0.1) is 6.92 Å². The monoisotopic (exact) mass is 762 g/mol.